The van der Waals surface area contributed by atoms with Crippen molar-refractivity contribution in [1.82, 2.24) is 10.2 Å². The van der Waals surface area contributed by atoms with Crippen molar-refractivity contribution in [3.8, 4) is 0 Å². The van der Waals surface area contributed by atoms with E-state index >= 15 is 0 Å². The van der Waals surface area contributed by atoms with Gasteiger partial charge in [-0.2, -0.15) is 0 Å². The Bertz CT molecular complexity index is 490. The molecule has 0 bridgehead atoms. The predicted octanol–water partition coefficient (Wildman–Crippen LogP) is 0.458. The lowest BCUT2D eigenvalue weighted by Crippen LogP contribution is -2.55. The summed E-state index contributed by atoms with van der Waals surface area (Å²) in [5.41, 5.74) is -0.819. The monoisotopic (exact) mass is 306 g/mol. The second kappa shape index (κ2) is 5.99. The van der Waals surface area contributed by atoms with E-state index in [0.717, 1.165) is 0 Å². The van der Waals surface area contributed by atoms with Crippen molar-refractivity contribution in [3.63, 3.8) is 0 Å². The van der Waals surface area contributed by atoms with E-state index in [1.165, 1.54) is 4.90 Å². The van der Waals surface area contributed by atoms with Crippen molar-refractivity contribution < 1.29 is 23.1 Å². The molecule has 0 aromatic rings. The third-order valence-corrected chi connectivity index (χ3v) is 5.50. The highest BCUT2D eigenvalue weighted by Crippen LogP contribution is 2.23. The van der Waals surface area contributed by atoms with Crippen LogP contribution in [0.15, 0.2) is 0 Å². The molecule has 20 heavy (non-hydrogen) atoms. The number of nitrogens with zero attached hydrogens (tertiary/aromatic N) is 1. The number of nitrogens with one attached hydrogen (secondary N) is 1. The van der Waals surface area contributed by atoms with Gasteiger partial charge in [-0.1, -0.05) is 6.92 Å². The average Bonchev–Trinajstić information content (AvgIpc) is 2.58. The first-order valence-corrected chi connectivity index (χ1v) is 8.42. The van der Waals surface area contributed by atoms with Crippen LogP contribution in [0.3, 0.4) is 0 Å². The lowest BCUT2D eigenvalue weighted by molar-refractivity contribution is -0.138. The number of carboxylic acids is 1. The molecule has 0 aromatic heterocycles. The van der Waals surface area contributed by atoms with E-state index < -0.39 is 33.9 Å². The summed E-state index contributed by atoms with van der Waals surface area (Å²) in [5.74, 6) is -1.15. The molecule has 0 aromatic carbocycles. The van der Waals surface area contributed by atoms with Crippen LogP contribution < -0.4 is 5.32 Å². The van der Waals surface area contributed by atoms with Crippen molar-refractivity contribution in [2.75, 3.05) is 18.1 Å². The quantitative estimate of drug-likeness (QED) is 0.768. The predicted molar refractivity (Wildman–Crippen MR) is 74.3 cm³/mol. The van der Waals surface area contributed by atoms with Crippen molar-refractivity contribution in [1.29, 1.82) is 0 Å². The van der Waals surface area contributed by atoms with Crippen molar-refractivity contribution in [2.45, 2.75) is 45.2 Å². The summed E-state index contributed by atoms with van der Waals surface area (Å²) in [5, 5.41) is 11.5. The van der Waals surface area contributed by atoms with Crippen LogP contribution in [0, 0.1) is 0 Å². The number of carbonyl (C=O) groups excluding carboxylic acids is 1. The number of sulfone groups is 1. The highest BCUT2D eigenvalue weighted by Gasteiger charge is 2.40. The normalized spacial score (nSPS) is 25.9. The van der Waals surface area contributed by atoms with Crippen molar-refractivity contribution in [3.05, 3.63) is 0 Å². The fourth-order valence-corrected chi connectivity index (χ4v) is 4.33. The minimum Gasteiger partial charge on any atom is -0.480 e. The zero-order valence-corrected chi connectivity index (χ0v) is 12.9. The second-order valence-electron chi connectivity index (χ2n) is 5.61. The minimum absolute atomic E-state index is 0.0477. The Hall–Kier alpha value is -1.31. The Kier molecular flexibility index (Phi) is 5.01. The minimum atomic E-state index is -3.12. The van der Waals surface area contributed by atoms with Crippen molar-refractivity contribution in [2.24, 2.45) is 0 Å². The zero-order chi connectivity index (χ0) is 15.6. The van der Waals surface area contributed by atoms with Gasteiger partial charge in [0.05, 0.1) is 17.0 Å². The Morgan fingerprint density at radius 2 is 2.05 bits per heavy atom. The standard InChI is InChI=1S/C12H22N2O5S/c1-4-9(2)14(7-10(15)16)11(17)13-12(3)5-6-20(18,19)8-12/h9H,4-8H2,1-3H3,(H,13,17)(H,15,16). The van der Waals surface area contributed by atoms with E-state index in [-0.39, 0.29) is 17.5 Å². The van der Waals surface area contributed by atoms with Crippen LogP contribution in [-0.2, 0) is 14.6 Å². The smallest absolute Gasteiger partial charge is 0.323 e. The molecule has 7 nitrogen and oxygen atoms in total. The number of hydrogen-bond donors (Lipinski definition) is 2. The SMILES string of the molecule is CCC(C)N(CC(=O)O)C(=O)NC1(C)CCS(=O)(=O)C1. The molecule has 1 aliphatic heterocycles. The third kappa shape index (κ3) is 4.36. The average molecular weight is 306 g/mol. The molecule has 1 heterocycles. The molecule has 1 aliphatic rings. The topological polar surface area (TPSA) is 104 Å². The Balaban J connectivity index is 2.78. The number of carboxylic acid groups (broad SMARTS) is 1. The first kappa shape index (κ1) is 16.7. The van der Waals surface area contributed by atoms with Gasteiger partial charge < -0.3 is 15.3 Å². The molecule has 8 heteroatoms. The molecular weight excluding hydrogens is 284 g/mol. The molecule has 0 aliphatic carbocycles. The Morgan fingerprint density at radius 1 is 1.45 bits per heavy atom. The molecule has 0 radical (unpaired) electrons. The van der Waals surface area contributed by atoms with Crippen LogP contribution >= 0.6 is 0 Å². The molecule has 2 unspecified atom stereocenters. The van der Waals surface area contributed by atoms with E-state index in [1.807, 2.05) is 6.92 Å². The Morgan fingerprint density at radius 3 is 2.45 bits per heavy atom. The maximum Gasteiger partial charge on any atom is 0.323 e. The van der Waals surface area contributed by atoms with E-state index in [2.05, 4.69) is 5.32 Å². The maximum absolute atomic E-state index is 12.2. The maximum atomic E-state index is 12.2. The van der Waals surface area contributed by atoms with Crippen molar-refractivity contribution >= 4 is 21.8 Å². The van der Waals surface area contributed by atoms with Gasteiger partial charge in [-0.3, -0.25) is 4.79 Å². The summed E-state index contributed by atoms with van der Waals surface area (Å²) >= 11 is 0. The molecular formula is C12H22N2O5S. The van der Waals surface area contributed by atoms with Gasteiger partial charge in [0.1, 0.15) is 6.54 Å². The lowest BCUT2D eigenvalue weighted by Gasteiger charge is -2.32. The molecule has 116 valence electrons. The molecule has 0 saturated carbocycles. The van der Waals surface area contributed by atoms with Crippen LogP contribution in [0.5, 0.6) is 0 Å². The van der Waals surface area contributed by atoms with Crippen LogP contribution in [0.25, 0.3) is 0 Å². The summed E-state index contributed by atoms with van der Waals surface area (Å²) in [6, 6.07) is -0.755. The van der Waals surface area contributed by atoms with Gasteiger partial charge in [0.2, 0.25) is 0 Å². The number of carbonyl (C=O) groups is 2. The summed E-state index contributed by atoms with van der Waals surface area (Å²) in [6.45, 7) is 4.89. The van der Waals surface area contributed by atoms with E-state index in [9.17, 15) is 18.0 Å². The van der Waals surface area contributed by atoms with Gasteiger partial charge in [-0.15, -0.1) is 0 Å². The van der Waals surface area contributed by atoms with Gasteiger partial charge >= 0.3 is 12.0 Å². The summed E-state index contributed by atoms with van der Waals surface area (Å²) in [4.78, 5) is 24.3. The van der Waals surface area contributed by atoms with Gasteiger partial charge in [0.25, 0.3) is 0 Å². The van der Waals surface area contributed by atoms with Crippen LogP contribution in [0.1, 0.15) is 33.6 Å². The number of urea groups is 1. The molecule has 1 saturated heterocycles. The fraction of sp³-hybridized carbons (Fsp3) is 0.833. The van der Waals surface area contributed by atoms with Gasteiger partial charge in [0, 0.05) is 6.04 Å². The van der Waals surface area contributed by atoms with E-state index in [0.29, 0.717) is 12.8 Å². The number of hydrogen-bond acceptors (Lipinski definition) is 4. The van der Waals surface area contributed by atoms with Gasteiger partial charge in [-0.25, -0.2) is 13.2 Å². The molecule has 2 amide bonds. The van der Waals surface area contributed by atoms with E-state index in [4.69, 9.17) is 5.11 Å². The molecule has 1 fully saturated rings. The van der Waals surface area contributed by atoms with Crippen LogP contribution in [0.2, 0.25) is 0 Å². The highest BCUT2D eigenvalue weighted by atomic mass is 32.2. The third-order valence-electron chi connectivity index (χ3n) is 3.60. The Labute approximate surface area is 119 Å². The fourth-order valence-electron chi connectivity index (χ4n) is 2.23. The zero-order valence-electron chi connectivity index (χ0n) is 12.0. The number of aliphatic carboxylic acids is 1. The molecule has 1 rings (SSSR count). The number of amides is 2. The lowest BCUT2D eigenvalue weighted by atomic mass is 10.0. The first-order chi connectivity index (χ1) is 9.08. The highest BCUT2D eigenvalue weighted by molar-refractivity contribution is 7.91. The van der Waals surface area contributed by atoms with Crippen LogP contribution in [0.4, 0.5) is 4.79 Å². The van der Waals surface area contributed by atoms with Crippen LogP contribution in [-0.4, -0.2) is 60.1 Å². The summed E-state index contributed by atoms with van der Waals surface area (Å²) < 4.78 is 23.0. The summed E-state index contributed by atoms with van der Waals surface area (Å²) in [6.07, 6.45) is 0.970. The summed E-state index contributed by atoms with van der Waals surface area (Å²) in [7, 11) is -3.12. The van der Waals surface area contributed by atoms with Gasteiger partial charge in [-0.05, 0) is 26.7 Å². The molecule has 2 N–H and O–H groups in total. The first-order valence-electron chi connectivity index (χ1n) is 6.59. The molecule has 2 atom stereocenters. The second-order valence-corrected chi connectivity index (χ2v) is 7.80. The largest absolute Gasteiger partial charge is 0.480 e. The van der Waals surface area contributed by atoms with E-state index in [1.54, 1.807) is 13.8 Å². The van der Waals surface area contributed by atoms with Gasteiger partial charge in [0.15, 0.2) is 9.84 Å². The number of rotatable bonds is 5. The molecule has 0 spiro atoms.